The van der Waals surface area contributed by atoms with E-state index in [0.29, 0.717) is 11.8 Å². The summed E-state index contributed by atoms with van der Waals surface area (Å²) in [6.45, 7) is 11.0. The van der Waals surface area contributed by atoms with Crippen molar-refractivity contribution in [3.63, 3.8) is 0 Å². The van der Waals surface area contributed by atoms with Gasteiger partial charge in [-0.1, -0.05) is 39.3 Å². The number of hydrogen-bond donors (Lipinski definition) is 1. The third-order valence-electron chi connectivity index (χ3n) is 1.92. The van der Waals surface area contributed by atoms with Crippen molar-refractivity contribution in [1.82, 2.24) is 3.53 Å². The number of allylic oxidation sites excluding steroid dienone is 3. The Balaban J connectivity index is 4.53. The van der Waals surface area contributed by atoms with Gasteiger partial charge >= 0.3 is 0 Å². The molecule has 0 aromatic rings. The topological polar surface area (TPSA) is 12.0 Å². The molecule has 1 nitrogen and oxygen atoms in total. The highest BCUT2D eigenvalue weighted by Gasteiger charge is 1.98. The van der Waals surface area contributed by atoms with E-state index in [-0.39, 0.29) is 0 Å². The van der Waals surface area contributed by atoms with Gasteiger partial charge in [-0.3, -0.25) is 0 Å². The van der Waals surface area contributed by atoms with Gasteiger partial charge in [0.25, 0.3) is 0 Å². The van der Waals surface area contributed by atoms with Crippen LogP contribution in [0.4, 0.5) is 0 Å². The summed E-state index contributed by atoms with van der Waals surface area (Å²) in [7, 11) is 0. The molecular weight excluding hydrogens is 273 g/mol. The molecule has 0 radical (unpaired) electrons. The summed E-state index contributed by atoms with van der Waals surface area (Å²) in [5.41, 5.74) is 2.62. The normalized spacial score (nSPS) is 14.2. The maximum atomic E-state index is 3.17. The zero-order chi connectivity index (χ0) is 10.4. The minimum absolute atomic E-state index is 0.591. The van der Waals surface area contributed by atoms with Crippen LogP contribution in [0, 0.1) is 11.8 Å². The van der Waals surface area contributed by atoms with Crippen molar-refractivity contribution >= 4 is 22.9 Å². The summed E-state index contributed by atoms with van der Waals surface area (Å²) in [6.07, 6.45) is 4.45. The van der Waals surface area contributed by atoms with E-state index >= 15 is 0 Å². The molecule has 0 atom stereocenters. The van der Waals surface area contributed by atoms with Gasteiger partial charge in [0, 0.05) is 5.70 Å². The van der Waals surface area contributed by atoms with E-state index < -0.39 is 0 Å². The van der Waals surface area contributed by atoms with E-state index in [1.165, 1.54) is 11.3 Å². The van der Waals surface area contributed by atoms with Crippen LogP contribution in [-0.4, -0.2) is 0 Å². The second-order valence-electron chi connectivity index (χ2n) is 4.00. The molecule has 0 amide bonds. The molecule has 2 heteroatoms. The third kappa shape index (κ3) is 6.13. The minimum atomic E-state index is 0.591. The van der Waals surface area contributed by atoms with E-state index in [1.54, 1.807) is 0 Å². The fourth-order valence-electron chi connectivity index (χ4n) is 0.878. The Kier molecular flexibility index (Phi) is 6.47. The van der Waals surface area contributed by atoms with Crippen LogP contribution in [-0.2, 0) is 0 Å². The second-order valence-corrected chi connectivity index (χ2v) is 4.54. The Hall–Kier alpha value is 0.0100. The third-order valence-corrected chi connectivity index (χ3v) is 2.54. The van der Waals surface area contributed by atoms with Crippen molar-refractivity contribution in [3.05, 3.63) is 23.4 Å². The van der Waals surface area contributed by atoms with E-state index in [2.05, 4.69) is 73.2 Å². The molecule has 0 spiro atoms. The number of hydrogen-bond acceptors (Lipinski definition) is 1. The summed E-state index contributed by atoms with van der Waals surface area (Å²) in [6, 6.07) is 0. The summed E-state index contributed by atoms with van der Waals surface area (Å²) in [5, 5.41) is 0. The molecule has 0 aromatic carbocycles. The standard InChI is InChI=1S/C11H20IN/c1-8(2)6-11(13-12)7-10(5)9(3)4/h6-9,13H,1-5H3/b10-7+,11-6+. The highest BCUT2D eigenvalue weighted by molar-refractivity contribution is 14.1. The van der Waals surface area contributed by atoms with Gasteiger partial charge in [-0.25, -0.2) is 0 Å². The van der Waals surface area contributed by atoms with Crippen LogP contribution in [0.5, 0.6) is 0 Å². The van der Waals surface area contributed by atoms with E-state index in [0.717, 1.165) is 0 Å². The van der Waals surface area contributed by atoms with Gasteiger partial charge in [-0.15, -0.1) is 0 Å². The molecule has 0 aliphatic rings. The maximum Gasteiger partial charge on any atom is 0.0560 e. The lowest BCUT2D eigenvalue weighted by Crippen LogP contribution is -2.00. The van der Waals surface area contributed by atoms with Crippen molar-refractivity contribution in [1.29, 1.82) is 0 Å². The van der Waals surface area contributed by atoms with Crippen LogP contribution < -0.4 is 3.53 Å². The predicted molar refractivity (Wildman–Crippen MR) is 68.7 cm³/mol. The van der Waals surface area contributed by atoms with Gasteiger partial charge in [0.05, 0.1) is 22.9 Å². The first-order valence-electron chi connectivity index (χ1n) is 4.74. The number of rotatable bonds is 4. The first-order chi connectivity index (χ1) is 5.97. The highest BCUT2D eigenvalue weighted by Crippen LogP contribution is 2.12. The van der Waals surface area contributed by atoms with Gasteiger partial charge in [0.15, 0.2) is 0 Å². The van der Waals surface area contributed by atoms with Crippen molar-refractivity contribution < 1.29 is 0 Å². The first-order valence-corrected chi connectivity index (χ1v) is 5.82. The number of halogens is 1. The molecule has 0 aromatic heterocycles. The molecule has 0 aliphatic heterocycles. The minimum Gasteiger partial charge on any atom is -0.329 e. The second kappa shape index (κ2) is 6.46. The van der Waals surface area contributed by atoms with Gasteiger partial charge in [-0.2, -0.15) is 0 Å². The van der Waals surface area contributed by atoms with Crippen molar-refractivity contribution in [3.8, 4) is 0 Å². The summed E-state index contributed by atoms with van der Waals surface area (Å²) < 4.78 is 3.17. The van der Waals surface area contributed by atoms with Crippen LogP contribution in [0.15, 0.2) is 23.4 Å². The largest absolute Gasteiger partial charge is 0.329 e. The molecule has 0 bridgehead atoms. The summed E-state index contributed by atoms with van der Waals surface area (Å²) >= 11 is 2.18. The van der Waals surface area contributed by atoms with Gasteiger partial charge < -0.3 is 3.53 Å². The van der Waals surface area contributed by atoms with Crippen molar-refractivity contribution in [2.24, 2.45) is 11.8 Å². The van der Waals surface area contributed by atoms with Crippen LogP contribution in [0.1, 0.15) is 34.6 Å². The van der Waals surface area contributed by atoms with Gasteiger partial charge in [0.1, 0.15) is 0 Å². The molecule has 0 saturated heterocycles. The Morgan fingerprint density at radius 1 is 1.23 bits per heavy atom. The molecular formula is C11H20IN. The smallest absolute Gasteiger partial charge is 0.0560 e. The fourth-order valence-corrected chi connectivity index (χ4v) is 1.21. The van der Waals surface area contributed by atoms with Crippen LogP contribution in [0.2, 0.25) is 0 Å². The van der Waals surface area contributed by atoms with E-state index in [4.69, 9.17) is 0 Å². The van der Waals surface area contributed by atoms with Crippen LogP contribution in [0.25, 0.3) is 0 Å². The Morgan fingerprint density at radius 2 is 1.77 bits per heavy atom. The molecule has 76 valence electrons. The lowest BCUT2D eigenvalue weighted by atomic mass is 10.0. The predicted octanol–water partition coefficient (Wildman–Crippen LogP) is 4.07. The molecule has 0 saturated carbocycles. The van der Waals surface area contributed by atoms with Crippen LogP contribution in [0.3, 0.4) is 0 Å². The molecule has 0 rings (SSSR count). The maximum absolute atomic E-state index is 3.17. The van der Waals surface area contributed by atoms with Crippen molar-refractivity contribution in [2.75, 3.05) is 0 Å². The van der Waals surface area contributed by atoms with Crippen molar-refractivity contribution in [2.45, 2.75) is 34.6 Å². The Morgan fingerprint density at radius 3 is 2.08 bits per heavy atom. The monoisotopic (exact) mass is 293 g/mol. The average Bonchev–Trinajstić information content (AvgIpc) is 2.02. The average molecular weight is 293 g/mol. The fraction of sp³-hybridized carbons (Fsp3) is 0.636. The Labute approximate surface area is 96.2 Å². The van der Waals surface area contributed by atoms with E-state index in [1.807, 2.05) is 0 Å². The molecule has 1 N–H and O–H groups in total. The molecule has 0 fully saturated rings. The lowest BCUT2D eigenvalue weighted by molar-refractivity contribution is 0.765. The Bertz CT molecular complexity index is 202. The molecule has 13 heavy (non-hydrogen) atoms. The first kappa shape index (κ1) is 13.0. The SMILES string of the molecule is C/C(=C\C(=C/C(C)C)NI)C(C)C. The number of nitrogens with one attached hydrogen (secondary N) is 1. The highest BCUT2D eigenvalue weighted by atomic mass is 127. The lowest BCUT2D eigenvalue weighted by Gasteiger charge is -2.07. The van der Waals surface area contributed by atoms with E-state index in [9.17, 15) is 0 Å². The zero-order valence-corrected chi connectivity index (χ0v) is 11.3. The molecule has 0 unspecified atom stereocenters. The summed E-state index contributed by atoms with van der Waals surface area (Å²) in [5.74, 6) is 1.22. The zero-order valence-electron chi connectivity index (χ0n) is 9.19. The molecule has 0 heterocycles. The summed E-state index contributed by atoms with van der Waals surface area (Å²) in [4.78, 5) is 0. The van der Waals surface area contributed by atoms with Gasteiger partial charge in [-0.05, 0) is 24.8 Å². The molecule has 0 aliphatic carbocycles. The quantitative estimate of drug-likeness (QED) is 0.468. The van der Waals surface area contributed by atoms with Crippen LogP contribution >= 0.6 is 22.9 Å². The van der Waals surface area contributed by atoms with Gasteiger partial charge in [0.2, 0.25) is 0 Å².